The average Bonchev–Trinajstić information content (AvgIpc) is 1.52. The van der Waals surface area contributed by atoms with Gasteiger partial charge in [0.15, 0.2) is 0 Å². The highest BCUT2D eigenvalue weighted by atomic mass is 15.1. The van der Waals surface area contributed by atoms with Crippen LogP contribution in [-0.4, -0.2) is 4.57 Å². The number of para-hydroxylation sites is 6. The zero-order valence-electron chi connectivity index (χ0n) is 51.9. The molecular weight excluding hydrogens is 1150 g/mol. The number of benzene rings is 15. The van der Waals surface area contributed by atoms with Crippen molar-refractivity contribution in [3.05, 3.63) is 402 Å². The van der Waals surface area contributed by atoms with Crippen molar-refractivity contribution in [1.82, 2.24) is 4.57 Å². The van der Waals surface area contributed by atoms with E-state index in [1.54, 1.807) is 0 Å². The molecule has 15 aromatic carbocycles. The van der Waals surface area contributed by atoms with Crippen LogP contribution in [0.2, 0.25) is 0 Å². The second kappa shape index (κ2) is 20.6. The maximum absolute atomic E-state index is 2.58. The average molecular weight is 1210 g/mol. The predicted molar refractivity (Wildman–Crippen MR) is 394 cm³/mol. The van der Waals surface area contributed by atoms with E-state index >= 15 is 0 Å². The molecule has 0 amide bonds. The van der Waals surface area contributed by atoms with E-state index in [0.29, 0.717) is 0 Å². The van der Waals surface area contributed by atoms with E-state index in [1.165, 1.54) is 128 Å². The molecule has 95 heavy (non-hydrogen) atoms. The van der Waals surface area contributed by atoms with E-state index in [-0.39, 0.29) is 0 Å². The Morgan fingerprint density at radius 1 is 0.200 bits per heavy atom. The van der Waals surface area contributed by atoms with E-state index in [9.17, 15) is 0 Å². The Labute approximate surface area is 552 Å². The molecule has 3 nitrogen and oxygen atoms in total. The van der Waals surface area contributed by atoms with E-state index in [2.05, 4.69) is 372 Å². The van der Waals surface area contributed by atoms with Gasteiger partial charge in [-0.25, -0.2) is 0 Å². The summed E-state index contributed by atoms with van der Waals surface area (Å²) in [5, 5.41) is 2.42. The Kier molecular flexibility index (Phi) is 11.6. The first-order valence-electron chi connectivity index (χ1n) is 33.1. The molecule has 0 saturated carbocycles. The molecule has 1 aromatic heterocycles. The van der Waals surface area contributed by atoms with Gasteiger partial charge in [0.1, 0.15) is 0 Å². The van der Waals surface area contributed by atoms with Crippen molar-refractivity contribution in [1.29, 1.82) is 0 Å². The fraction of sp³-hybridized carbons (Fsp3) is 0.0217. The van der Waals surface area contributed by atoms with Crippen molar-refractivity contribution >= 4 is 55.9 Å². The quantitative estimate of drug-likeness (QED) is 0.143. The number of anilines is 6. The predicted octanol–water partition coefficient (Wildman–Crippen LogP) is 23.7. The van der Waals surface area contributed by atoms with Crippen LogP contribution in [0.5, 0.6) is 0 Å². The maximum atomic E-state index is 2.58. The minimum absolute atomic E-state index is 0.616. The molecule has 20 rings (SSSR count). The Morgan fingerprint density at radius 2 is 0.537 bits per heavy atom. The van der Waals surface area contributed by atoms with Crippen molar-refractivity contribution in [3.63, 3.8) is 0 Å². The summed E-state index contributed by atoms with van der Waals surface area (Å²) in [6, 6.07) is 134. The summed E-state index contributed by atoms with van der Waals surface area (Å²) in [5.41, 5.74) is 34.1. The lowest BCUT2D eigenvalue weighted by Gasteiger charge is -2.32. The molecule has 0 bridgehead atoms. The fourth-order valence-electron chi connectivity index (χ4n) is 17.4. The minimum atomic E-state index is -0.637. The third-order valence-electron chi connectivity index (χ3n) is 21.1. The smallest absolute Gasteiger partial charge is 0.0726 e. The van der Waals surface area contributed by atoms with Crippen LogP contribution in [0.3, 0.4) is 0 Å². The lowest BCUT2D eigenvalue weighted by Crippen LogP contribution is -2.26. The molecule has 2 spiro atoms. The third kappa shape index (κ3) is 7.52. The largest absolute Gasteiger partial charge is 0.310 e. The van der Waals surface area contributed by atoms with Gasteiger partial charge in [-0.15, -0.1) is 0 Å². The summed E-state index contributed by atoms with van der Waals surface area (Å²) in [7, 11) is 0. The number of hydrogen-bond donors (Lipinski definition) is 0. The van der Waals surface area contributed by atoms with Gasteiger partial charge < -0.3 is 14.4 Å². The minimum Gasteiger partial charge on any atom is -0.310 e. The molecule has 0 unspecified atom stereocenters. The lowest BCUT2D eigenvalue weighted by molar-refractivity contribution is 0.794. The van der Waals surface area contributed by atoms with Gasteiger partial charge in [0.25, 0.3) is 0 Å². The zero-order chi connectivity index (χ0) is 62.3. The highest BCUT2D eigenvalue weighted by Crippen LogP contribution is 2.66. The first kappa shape index (κ1) is 53.4. The SMILES string of the molecule is c1ccc(N(c2ccccc2)c2ccc3c(c2)C2(c4ccccc4-c4ccccc42)c2cc(-c4cc(-c5ccc6c(c5)C5(c7ccccc7-c7ccccc75)c5cc(N(c7ccccc7)c7ccccc7)ccc5-6)c5c(c4)c4ccccc4n5-c4ccccc4)ccc2-3)cc1. The van der Waals surface area contributed by atoms with Crippen molar-refractivity contribution in [2.45, 2.75) is 10.8 Å². The molecule has 4 aliphatic rings. The summed E-state index contributed by atoms with van der Waals surface area (Å²) in [6.07, 6.45) is 0. The van der Waals surface area contributed by atoms with Gasteiger partial charge >= 0.3 is 0 Å². The molecule has 16 aromatic rings. The van der Waals surface area contributed by atoms with Gasteiger partial charge in [-0.3, -0.25) is 0 Å². The number of hydrogen-bond acceptors (Lipinski definition) is 2. The van der Waals surface area contributed by atoms with Crippen LogP contribution in [0.25, 0.3) is 94.3 Å². The summed E-state index contributed by atoms with van der Waals surface area (Å²) >= 11 is 0. The Bertz CT molecular complexity index is 5620. The lowest BCUT2D eigenvalue weighted by atomic mass is 9.70. The number of aromatic nitrogens is 1. The molecule has 0 N–H and O–H groups in total. The summed E-state index contributed by atoms with van der Waals surface area (Å²) < 4.78 is 2.52. The topological polar surface area (TPSA) is 11.4 Å². The van der Waals surface area contributed by atoms with Crippen LogP contribution in [0, 0.1) is 0 Å². The van der Waals surface area contributed by atoms with Gasteiger partial charge in [-0.1, -0.05) is 243 Å². The van der Waals surface area contributed by atoms with E-state index in [4.69, 9.17) is 0 Å². The second-order valence-corrected chi connectivity index (χ2v) is 25.8. The van der Waals surface area contributed by atoms with Crippen molar-refractivity contribution in [2.75, 3.05) is 9.80 Å². The van der Waals surface area contributed by atoms with Crippen molar-refractivity contribution in [2.24, 2.45) is 0 Å². The number of fused-ring (bicyclic) bond motifs is 23. The van der Waals surface area contributed by atoms with Gasteiger partial charge in [-0.2, -0.15) is 0 Å². The highest BCUT2D eigenvalue weighted by molar-refractivity contribution is 6.16. The molecule has 1 heterocycles. The van der Waals surface area contributed by atoms with Gasteiger partial charge in [0.05, 0.1) is 21.9 Å². The van der Waals surface area contributed by atoms with Crippen LogP contribution in [0.15, 0.2) is 358 Å². The normalized spacial score (nSPS) is 13.4. The molecular formula is C92H59N3. The molecule has 0 fully saturated rings. The van der Waals surface area contributed by atoms with E-state index in [0.717, 1.165) is 45.4 Å². The molecule has 0 atom stereocenters. The fourth-order valence-corrected chi connectivity index (χ4v) is 17.4. The molecule has 3 heteroatoms. The van der Waals surface area contributed by atoms with Gasteiger partial charge in [0.2, 0.25) is 0 Å². The Balaban J connectivity index is 0.835. The number of nitrogens with zero attached hydrogens (tertiary/aromatic N) is 3. The van der Waals surface area contributed by atoms with Crippen molar-refractivity contribution in [3.8, 4) is 72.4 Å². The highest BCUT2D eigenvalue weighted by Gasteiger charge is 2.54. The molecule has 0 saturated heterocycles. The second-order valence-electron chi connectivity index (χ2n) is 25.8. The molecule has 4 aliphatic carbocycles. The summed E-state index contributed by atoms with van der Waals surface area (Å²) in [4.78, 5) is 4.82. The van der Waals surface area contributed by atoms with Crippen LogP contribution in [0.1, 0.15) is 44.5 Å². The molecule has 0 radical (unpaired) electrons. The Hall–Kier alpha value is -12.3. The zero-order valence-corrected chi connectivity index (χ0v) is 51.9. The summed E-state index contributed by atoms with van der Waals surface area (Å²) in [5.74, 6) is 0. The first-order chi connectivity index (χ1) is 47.1. The molecule has 442 valence electrons. The van der Waals surface area contributed by atoms with Crippen LogP contribution in [-0.2, 0) is 10.8 Å². The monoisotopic (exact) mass is 1210 g/mol. The van der Waals surface area contributed by atoms with E-state index in [1.807, 2.05) is 0 Å². The van der Waals surface area contributed by atoms with Crippen LogP contribution < -0.4 is 9.80 Å². The van der Waals surface area contributed by atoms with E-state index < -0.39 is 10.8 Å². The molecule has 0 aliphatic heterocycles. The Morgan fingerprint density at radius 3 is 0.979 bits per heavy atom. The summed E-state index contributed by atoms with van der Waals surface area (Å²) in [6.45, 7) is 0. The number of rotatable bonds is 9. The van der Waals surface area contributed by atoms with Gasteiger partial charge in [0, 0.05) is 56.1 Å². The van der Waals surface area contributed by atoms with Crippen molar-refractivity contribution < 1.29 is 0 Å². The van der Waals surface area contributed by atoms with Gasteiger partial charge in [-0.05, 0) is 221 Å². The van der Waals surface area contributed by atoms with Crippen LogP contribution >= 0.6 is 0 Å². The maximum Gasteiger partial charge on any atom is 0.0726 e. The standard InChI is InChI=1S/C92H59N3/c1-6-26-63(27-7-1)93(64-28-8-2-9-29-64)68-48-52-76-74-50-46-60(56-85(74)91(87(76)58-68)81-41-21-16-36-70(81)71-37-17-22-42-82(71)91)62-54-79(90-80(55-62)78-40-20-25-45-89(78)95(90)67-34-14-5-15-35-67)61-47-51-75-77-53-49-69(94(65-30-10-3-11-31-65)66-32-12-4-13-33-66)59-88(77)92(86(75)57-61)83-43-23-18-38-72(83)73-39-19-24-44-84(73)92/h1-59H. The van der Waals surface area contributed by atoms with Crippen LogP contribution in [0.4, 0.5) is 34.1 Å². The first-order valence-corrected chi connectivity index (χ1v) is 33.1. The third-order valence-corrected chi connectivity index (χ3v) is 21.1.